The van der Waals surface area contributed by atoms with E-state index in [1.165, 1.54) is 6.07 Å². The Morgan fingerprint density at radius 1 is 1.21 bits per heavy atom. The molecule has 1 aromatic carbocycles. The van der Waals surface area contributed by atoms with E-state index in [1.54, 1.807) is 39.8 Å². The number of nitrogens with zero attached hydrogens (tertiary/aromatic N) is 1. The molecule has 0 saturated carbocycles. The van der Waals surface area contributed by atoms with Gasteiger partial charge in [0.15, 0.2) is 11.5 Å². The van der Waals surface area contributed by atoms with Crippen LogP contribution in [0.2, 0.25) is 10.0 Å². The average molecular weight is 429 g/mol. The van der Waals surface area contributed by atoms with Crippen LogP contribution in [0.1, 0.15) is 36.8 Å². The molecule has 0 bridgehead atoms. The van der Waals surface area contributed by atoms with Crippen LogP contribution in [0, 0.1) is 12.7 Å². The van der Waals surface area contributed by atoms with E-state index < -0.39 is 34.2 Å². The minimum absolute atomic E-state index is 0.198. The summed E-state index contributed by atoms with van der Waals surface area (Å²) in [7, 11) is 1.14. The molecule has 2 aromatic rings. The molecule has 150 valence electrons. The predicted molar refractivity (Wildman–Crippen MR) is 106 cm³/mol. The summed E-state index contributed by atoms with van der Waals surface area (Å²) >= 11 is 12.1. The van der Waals surface area contributed by atoms with Gasteiger partial charge in [-0.25, -0.2) is 19.0 Å². The number of ether oxygens (including phenoxy) is 2. The molecule has 0 aliphatic rings. The number of carbonyl (C=O) groups excluding carboxylic acids is 2. The third kappa shape index (κ3) is 4.91. The summed E-state index contributed by atoms with van der Waals surface area (Å²) in [5.74, 6) is -1.81. The molecule has 9 heteroatoms. The molecule has 28 heavy (non-hydrogen) atoms. The van der Waals surface area contributed by atoms with Gasteiger partial charge in [-0.15, -0.1) is 0 Å². The first-order valence-electron chi connectivity index (χ1n) is 8.18. The molecule has 2 rings (SSSR count). The van der Waals surface area contributed by atoms with Crippen LogP contribution in [-0.4, -0.2) is 29.8 Å². The number of benzene rings is 1. The molecule has 0 atom stereocenters. The molecule has 0 aliphatic carbocycles. The number of halogens is 3. The quantitative estimate of drug-likeness (QED) is 0.640. The lowest BCUT2D eigenvalue weighted by molar-refractivity contribution is 0.0590. The lowest BCUT2D eigenvalue weighted by Crippen LogP contribution is -2.28. The van der Waals surface area contributed by atoms with E-state index in [4.69, 9.17) is 27.9 Å². The van der Waals surface area contributed by atoms with Crippen molar-refractivity contribution in [1.29, 1.82) is 0 Å². The van der Waals surface area contributed by atoms with Crippen LogP contribution in [0.3, 0.4) is 0 Å². The zero-order valence-corrected chi connectivity index (χ0v) is 17.5. The van der Waals surface area contributed by atoms with Crippen molar-refractivity contribution in [2.24, 2.45) is 0 Å². The standard InChI is InChI=1S/C19H19Cl2FN2O4/c1-9-8-10(6-7-11(9)20)14-13(22)15(24-18(26)28-19(2,3)4)12(21)16(23-14)17(25)27-5/h6-8H,1-5H3,(H,23,24,26). The number of nitrogens with one attached hydrogen (secondary N) is 1. The van der Waals surface area contributed by atoms with Gasteiger partial charge in [-0.1, -0.05) is 29.3 Å². The van der Waals surface area contributed by atoms with Crippen molar-refractivity contribution in [3.05, 3.63) is 45.3 Å². The molecule has 0 saturated heterocycles. The molecule has 1 heterocycles. The zero-order chi connectivity index (χ0) is 21.2. The fourth-order valence-corrected chi connectivity index (χ4v) is 2.64. The Labute approximate surface area is 171 Å². The van der Waals surface area contributed by atoms with Gasteiger partial charge in [0.2, 0.25) is 0 Å². The first-order chi connectivity index (χ1) is 12.9. The van der Waals surface area contributed by atoms with Gasteiger partial charge in [0, 0.05) is 10.6 Å². The number of aryl methyl sites for hydroxylation is 1. The van der Waals surface area contributed by atoms with E-state index in [0.717, 1.165) is 7.11 Å². The first-order valence-corrected chi connectivity index (χ1v) is 8.94. The van der Waals surface area contributed by atoms with Gasteiger partial charge in [-0.2, -0.15) is 0 Å². The Kier molecular flexibility index (Phi) is 6.52. The smallest absolute Gasteiger partial charge is 0.412 e. The van der Waals surface area contributed by atoms with Gasteiger partial charge in [-0.3, -0.25) is 5.32 Å². The van der Waals surface area contributed by atoms with Crippen LogP contribution in [0.4, 0.5) is 14.9 Å². The van der Waals surface area contributed by atoms with Crippen molar-refractivity contribution in [3.8, 4) is 11.3 Å². The van der Waals surface area contributed by atoms with Gasteiger partial charge in [0.25, 0.3) is 0 Å². The Bertz CT molecular complexity index is 943. The van der Waals surface area contributed by atoms with Crippen LogP contribution in [0.25, 0.3) is 11.3 Å². The second-order valence-corrected chi connectivity index (χ2v) is 7.68. The van der Waals surface area contributed by atoms with Gasteiger partial charge in [0.05, 0.1) is 7.11 Å². The Morgan fingerprint density at radius 2 is 1.86 bits per heavy atom. The first kappa shape index (κ1) is 21.9. The molecule has 0 spiro atoms. The minimum atomic E-state index is -0.937. The zero-order valence-electron chi connectivity index (χ0n) is 15.9. The Morgan fingerprint density at radius 3 is 2.39 bits per heavy atom. The number of amides is 1. The highest BCUT2D eigenvalue weighted by atomic mass is 35.5. The van der Waals surface area contributed by atoms with Crippen molar-refractivity contribution in [1.82, 2.24) is 4.98 Å². The molecule has 0 radical (unpaired) electrons. The molecule has 0 unspecified atom stereocenters. The maximum absolute atomic E-state index is 15.2. The van der Waals surface area contributed by atoms with Crippen LogP contribution < -0.4 is 5.32 Å². The van der Waals surface area contributed by atoms with Crippen molar-refractivity contribution in [2.75, 3.05) is 12.4 Å². The minimum Gasteiger partial charge on any atom is -0.464 e. The summed E-state index contributed by atoms with van der Waals surface area (Å²) in [5.41, 5.74) is -0.782. The second-order valence-electron chi connectivity index (χ2n) is 6.89. The largest absolute Gasteiger partial charge is 0.464 e. The van der Waals surface area contributed by atoms with E-state index >= 15 is 4.39 Å². The monoisotopic (exact) mass is 428 g/mol. The van der Waals surface area contributed by atoms with Crippen molar-refractivity contribution in [2.45, 2.75) is 33.3 Å². The molecule has 0 fully saturated rings. The summed E-state index contributed by atoms with van der Waals surface area (Å²) in [5, 5.41) is 2.33. The average Bonchev–Trinajstić information content (AvgIpc) is 2.59. The predicted octanol–water partition coefficient (Wildman–Crippen LogP) is 5.64. The topological polar surface area (TPSA) is 77.5 Å². The van der Waals surface area contributed by atoms with E-state index in [1.807, 2.05) is 0 Å². The van der Waals surface area contributed by atoms with Crippen LogP contribution in [0.5, 0.6) is 0 Å². The van der Waals surface area contributed by atoms with E-state index in [-0.39, 0.29) is 11.4 Å². The number of esters is 1. The Hall–Kier alpha value is -2.38. The summed E-state index contributed by atoms with van der Waals surface area (Å²) in [6.45, 7) is 6.69. The molecule has 6 nitrogen and oxygen atoms in total. The highest BCUT2D eigenvalue weighted by Gasteiger charge is 2.27. The molecule has 0 aliphatic heterocycles. The fraction of sp³-hybridized carbons (Fsp3) is 0.316. The molecular weight excluding hydrogens is 410 g/mol. The normalized spacial score (nSPS) is 11.1. The number of pyridine rings is 1. The van der Waals surface area contributed by atoms with Gasteiger partial charge in [-0.05, 0) is 45.4 Å². The number of aromatic nitrogens is 1. The van der Waals surface area contributed by atoms with E-state index in [0.29, 0.717) is 16.1 Å². The van der Waals surface area contributed by atoms with Gasteiger partial charge >= 0.3 is 12.1 Å². The number of hydrogen-bond acceptors (Lipinski definition) is 5. The number of hydrogen-bond donors (Lipinski definition) is 1. The molecule has 1 aromatic heterocycles. The van der Waals surface area contributed by atoms with Crippen molar-refractivity contribution < 1.29 is 23.5 Å². The Balaban J connectivity index is 2.64. The lowest BCUT2D eigenvalue weighted by atomic mass is 10.1. The summed E-state index contributed by atoms with van der Waals surface area (Å²) < 4.78 is 25.0. The number of rotatable bonds is 3. The summed E-state index contributed by atoms with van der Waals surface area (Å²) in [4.78, 5) is 28.2. The number of methoxy groups -OCH3 is 1. The van der Waals surface area contributed by atoms with E-state index in [9.17, 15) is 9.59 Å². The molecule has 1 N–H and O–H groups in total. The highest BCUT2D eigenvalue weighted by molar-refractivity contribution is 6.36. The van der Waals surface area contributed by atoms with Crippen LogP contribution in [0.15, 0.2) is 18.2 Å². The third-order valence-electron chi connectivity index (χ3n) is 3.51. The number of carbonyl (C=O) groups is 2. The summed E-state index contributed by atoms with van der Waals surface area (Å²) in [6.07, 6.45) is -0.937. The second kappa shape index (κ2) is 8.32. The summed E-state index contributed by atoms with van der Waals surface area (Å²) in [6, 6.07) is 4.70. The lowest BCUT2D eigenvalue weighted by Gasteiger charge is -2.21. The van der Waals surface area contributed by atoms with Crippen LogP contribution in [-0.2, 0) is 9.47 Å². The maximum Gasteiger partial charge on any atom is 0.412 e. The highest BCUT2D eigenvalue weighted by Crippen LogP contribution is 2.35. The number of anilines is 1. The van der Waals surface area contributed by atoms with Crippen molar-refractivity contribution in [3.63, 3.8) is 0 Å². The molecule has 1 amide bonds. The SMILES string of the molecule is COC(=O)c1nc(-c2ccc(Cl)c(C)c2)c(F)c(NC(=O)OC(C)(C)C)c1Cl. The maximum atomic E-state index is 15.2. The van der Waals surface area contributed by atoms with Gasteiger partial charge < -0.3 is 9.47 Å². The molecular formula is C19H19Cl2FN2O4. The van der Waals surface area contributed by atoms with E-state index in [2.05, 4.69) is 15.0 Å². The fourth-order valence-electron chi connectivity index (χ4n) is 2.27. The third-order valence-corrected chi connectivity index (χ3v) is 4.31. The van der Waals surface area contributed by atoms with Crippen LogP contribution >= 0.6 is 23.2 Å². The van der Waals surface area contributed by atoms with Crippen molar-refractivity contribution >= 4 is 41.0 Å². The van der Waals surface area contributed by atoms with Gasteiger partial charge in [0.1, 0.15) is 22.0 Å².